The minimum atomic E-state index is -0.923. The van der Waals surface area contributed by atoms with Gasteiger partial charge in [0.25, 0.3) is 0 Å². The van der Waals surface area contributed by atoms with Gasteiger partial charge in [-0.1, -0.05) is 29.3 Å². The molecule has 2 rings (SSSR count). The second-order valence-electron chi connectivity index (χ2n) is 5.11. The second-order valence-corrected chi connectivity index (χ2v) is 6.68. The summed E-state index contributed by atoms with van der Waals surface area (Å²) < 4.78 is 38.2. The first-order valence-corrected chi connectivity index (χ1v) is 8.91. The predicted octanol–water partition coefficient (Wildman–Crippen LogP) is 5.27. The highest BCUT2D eigenvalue weighted by molar-refractivity contribution is 9.10. The largest absolute Gasteiger partial charge is 0.507 e. The van der Waals surface area contributed by atoms with E-state index in [2.05, 4.69) is 20.7 Å². The lowest BCUT2D eigenvalue weighted by molar-refractivity contribution is -0.145. The van der Waals surface area contributed by atoms with E-state index in [1.54, 1.807) is 6.92 Å². The molecular formula is C17H13BrCl2F2O4. The summed E-state index contributed by atoms with van der Waals surface area (Å²) in [6.45, 7) is 1.29. The van der Waals surface area contributed by atoms with Gasteiger partial charge in [-0.15, -0.1) is 0 Å². The van der Waals surface area contributed by atoms with Gasteiger partial charge < -0.3 is 14.6 Å². The van der Waals surface area contributed by atoms with Gasteiger partial charge in [0.2, 0.25) is 0 Å². The maximum Gasteiger partial charge on any atom is 0.344 e. The lowest BCUT2D eigenvalue weighted by atomic mass is 10.0. The fraction of sp³-hybridized carbons (Fsp3) is 0.235. The van der Waals surface area contributed by atoms with Crippen molar-refractivity contribution in [3.8, 4) is 11.5 Å². The predicted molar refractivity (Wildman–Crippen MR) is 97.1 cm³/mol. The molecule has 0 saturated heterocycles. The van der Waals surface area contributed by atoms with E-state index in [1.165, 1.54) is 12.1 Å². The maximum atomic E-state index is 14.4. The van der Waals surface area contributed by atoms with Crippen LogP contribution >= 0.6 is 39.1 Å². The van der Waals surface area contributed by atoms with E-state index in [9.17, 15) is 18.7 Å². The van der Waals surface area contributed by atoms with Crippen molar-refractivity contribution in [3.63, 3.8) is 0 Å². The Hall–Kier alpha value is -1.57. The molecule has 2 aromatic carbocycles. The Kier molecular flexibility index (Phi) is 7.08. The van der Waals surface area contributed by atoms with Crippen molar-refractivity contribution < 1.29 is 28.2 Å². The smallest absolute Gasteiger partial charge is 0.344 e. The molecule has 0 radical (unpaired) electrons. The van der Waals surface area contributed by atoms with Crippen molar-refractivity contribution in [1.82, 2.24) is 0 Å². The topological polar surface area (TPSA) is 55.8 Å². The molecule has 0 aromatic heterocycles. The average Bonchev–Trinajstić information content (AvgIpc) is 2.60. The summed E-state index contributed by atoms with van der Waals surface area (Å²) in [5.74, 6) is -2.88. The minimum Gasteiger partial charge on any atom is -0.507 e. The van der Waals surface area contributed by atoms with E-state index in [4.69, 9.17) is 27.9 Å². The highest BCUT2D eigenvalue weighted by atomic mass is 79.9. The van der Waals surface area contributed by atoms with Crippen LogP contribution < -0.4 is 4.74 Å². The lowest BCUT2D eigenvalue weighted by Crippen LogP contribution is -2.15. The van der Waals surface area contributed by atoms with Crippen molar-refractivity contribution in [2.45, 2.75) is 13.3 Å². The molecule has 0 spiro atoms. The number of carbonyl (C=O) groups is 1. The van der Waals surface area contributed by atoms with Crippen LogP contribution in [-0.4, -0.2) is 24.3 Å². The second kappa shape index (κ2) is 8.88. The number of carbonyl (C=O) groups excluding carboxylic acids is 1. The Morgan fingerprint density at radius 3 is 2.62 bits per heavy atom. The summed E-state index contributed by atoms with van der Waals surface area (Å²) in [5, 5.41) is 9.16. The van der Waals surface area contributed by atoms with Gasteiger partial charge in [0.05, 0.1) is 16.1 Å². The number of phenolic OH excluding ortho intramolecular Hbond substituents is 1. The van der Waals surface area contributed by atoms with Crippen molar-refractivity contribution in [3.05, 3.63) is 55.5 Å². The highest BCUT2D eigenvalue weighted by Gasteiger charge is 2.20. The van der Waals surface area contributed by atoms with E-state index in [-0.39, 0.29) is 50.2 Å². The van der Waals surface area contributed by atoms with E-state index in [0.29, 0.717) is 0 Å². The Morgan fingerprint density at radius 2 is 1.96 bits per heavy atom. The van der Waals surface area contributed by atoms with Crippen LogP contribution in [0.3, 0.4) is 0 Å². The Bertz CT molecular complexity index is 846. The highest BCUT2D eigenvalue weighted by Crippen LogP contribution is 2.37. The molecule has 2 aromatic rings. The molecule has 0 amide bonds. The zero-order chi connectivity index (χ0) is 19.4. The van der Waals surface area contributed by atoms with Gasteiger partial charge in [-0.2, -0.15) is 0 Å². The molecule has 0 aliphatic carbocycles. The van der Waals surface area contributed by atoms with Crippen LogP contribution in [-0.2, 0) is 16.0 Å². The first-order chi connectivity index (χ1) is 12.3. The molecule has 0 aliphatic rings. The van der Waals surface area contributed by atoms with Gasteiger partial charge in [-0.05, 0) is 40.0 Å². The van der Waals surface area contributed by atoms with E-state index in [1.807, 2.05) is 0 Å². The SMILES string of the molecule is CCOC(=O)COc1cc(Cl)c(Cc2ccc(O)c(Br)c2F)c(Cl)c1F. The van der Waals surface area contributed by atoms with Crippen LogP contribution in [0.1, 0.15) is 18.1 Å². The summed E-state index contributed by atoms with van der Waals surface area (Å²) >= 11 is 15.1. The fourth-order valence-electron chi connectivity index (χ4n) is 2.12. The molecule has 9 heteroatoms. The molecule has 1 N–H and O–H groups in total. The molecule has 0 aliphatic heterocycles. The summed E-state index contributed by atoms with van der Waals surface area (Å²) in [5.41, 5.74) is 0.295. The van der Waals surface area contributed by atoms with Crippen LogP contribution in [0.4, 0.5) is 8.78 Å². The first kappa shape index (κ1) is 20.7. The number of rotatable bonds is 6. The quantitative estimate of drug-likeness (QED) is 0.462. The Morgan fingerprint density at radius 1 is 1.27 bits per heavy atom. The van der Waals surface area contributed by atoms with Gasteiger partial charge in [-0.3, -0.25) is 0 Å². The van der Waals surface area contributed by atoms with Gasteiger partial charge in [0.15, 0.2) is 18.2 Å². The third kappa shape index (κ3) is 4.58. The first-order valence-electron chi connectivity index (χ1n) is 7.36. The van der Waals surface area contributed by atoms with Gasteiger partial charge >= 0.3 is 5.97 Å². The van der Waals surface area contributed by atoms with Crippen LogP contribution in [0, 0.1) is 11.6 Å². The molecule has 4 nitrogen and oxygen atoms in total. The summed E-state index contributed by atoms with van der Waals surface area (Å²) in [4.78, 5) is 11.3. The molecular weight excluding hydrogens is 457 g/mol. The van der Waals surface area contributed by atoms with Crippen molar-refractivity contribution in [2.75, 3.05) is 13.2 Å². The van der Waals surface area contributed by atoms with E-state index < -0.39 is 24.2 Å². The van der Waals surface area contributed by atoms with Crippen LogP contribution in [0.2, 0.25) is 10.0 Å². The number of hydrogen-bond acceptors (Lipinski definition) is 4. The fourth-order valence-corrected chi connectivity index (χ4v) is 3.08. The van der Waals surface area contributed by atoms with Crippen molar-refractivity contribution >= 4 is 45.1 Å². The van der Waals surface area contributed by atoms with Crippen molar-refractivity contribution in [1.29, 1.82) is 0 Å². The normalized spacial score (nSPS) is 10.7. The van der Waals surface area contributed by atoms with Crippen LogP contribution in [0.15, 0.2) is 22.7 Å². The summed E-state index contributed by atoms with van der Waals surface area (Å²) in [6, 6.07) is 3.79. The number of aromatic hydroxyl groups is 1. The van der Waals surface area contributed by atoms with Gasteiger partial charge in [0.1, 0.15) is 11.6 Å². The van der Waals surface area contributed by atoms with Crippen molar-refractivity contribution in [2.24, 2.45) is 0 Å². The molecule has 140 valence electrons. The van der Waals surface area contributed by atoms with Gasteiger partial charge in [0, 0.05) is 17.5 Å². The zero-order valence-electron chi connectivity index (χ0n) is 13.4. The summed E-state index contributed by atoms with van der Waals surface area (Å²) in [7, 11) is 0. The Balaban J connectivity index is 2.30. The number of hydrogen-bond donors (Lipinski definition) is 1. The maximum absolute atomic E-state index is 14.4. The average molecular weight is 470 g/mol. The molecule has 0 atom stereocenters. The number of ether oxygens (including phenoxy) is 2. The summed E-state index contributed by atoms with van der Waals surface area (Å²) in [6.07, 6.45) is -0.114. The zero-order valence-corrected chi connectivity index (χ0v) is 16.5. The number of benzene rings is 2. The molecule has 0 unspecified atom stereocenters. The Labute approximate surface area is 166 Å². The molecule has 0 fully saturated rings. The molecule has 0 bridgehead atoms. The number of esters is 1. The minimum absolute atomic E-state index is 0.0406. The molecule has 26 heavy (non-hydrogen) atoms. The monoisotopic (exact) mass is 468 g/mol. The molecule has 0 saturated carbocycles. The lowest BCUT2D eigenvalue weighted by Gasteiger charge is -2.14. The molecule has 0 heterocycles. The van der Waals surface area contributed by atoms with Gasteiger partial charge in [-0.25, -0.2) is 13.6 Å². The third-order valence-electron chi connectivity index (χ3n) is 3.38. The standard InChI is InChI=1S/C17H13BrCl2F2O4/c1-2-25-13(24)7-26-12-6-10(19)9(15(20)17(12)22)5-8-3-4-11(23)14(18)16(8)21/h3-4,6,23H,2,5,7H2,1H3. The number of phenols is 1. The van der Waals surface area contributed by atoms with Crippen LogP contribution in [0.25, 0.3) is 0 Å². The third-order valence-corrected chi connectivity index (χ3v) is 4.87. The van der Waals surface area contributed by atoms with Crippen LogP contribution in [0.5, 0.6) is 11.5 Å². The van der Waals surface area contributed by atoms with E-state index in [0.717, 1.165) is 6.07 Å². The van der Waals surface area contributed by atoms with E-state index >= 15 is 0 Å². The number of halogens is 5.